The molecule has 0 unspecified atom stereocenters. The summed E-state index contributed by atoms with van der Waals surface area (Å²) in [6.07, 6.45) is 7.30. The Morgan fingerprint density at radius 3 is 2.21 bits per heavy atom. The lowest BCUT2D eigenvalue weighted by molar-refractivity contribution is 0.345. The third kappa shape index (κ3) is 2.90. The molecule has 1 saturated carbocycles. The van der Waals surface area contributed by atoms with Gasteiger partial charge in [0.1, 0.15) is 5.69 Å². The van der Waals surface area contributed by atoms with Crippen molar-refractivity contribution in [2.75, 3.05) is 0 Å². The lowest BCUT2D eigenvalue weighted by Gasteiger charge is -2.39. The Morgan fingerprint density at radius 1 is 0.917 bits per heavy atom. The molecule has 0 spiro atoms. The summed E-state index contributed by atoms with van der Waals surface area (Å²) in [5, 5.41) is 3.14. The van der Waals surface area contributed by atoms with Gasteiger partial charge in [0.25, 0.3) is 0 Å². The van der Waals surface area contributed by atoms with Crippen molar-refractivity contribution in [2.45, 2.75) is 64.7 Å². The van der Waals surface area contributed by atoms with Gasteiger partial charge in [-0.05, 0) is 72.2 Å². The Kier molecular flexibility index (Phi) is 4.84. The number of nitroso groups, excluding NO2 is 1. The van der Waals surface area contributed by atoms with E-state index in [1.165, 1.54) is 54.4 Å². The SMILES string of the molecule is CCc1cc(C2(c3ccc(N=O)c(C)c3)CCCCC2)ccc1C. The van der Waals surface area contributed by atoms with Crippen LogP contribution in [-0.2, 0) is 11.8 Å². The van der Waals surface area contributed by atoms with Crippen molar-refractivity contribution in [3.63, 3.8) is 0 Å². The Hall–Kier alpha value is -1.96. The maximum absolute atomic E-state index is 10.9. The van der Waals surface area contributed by atoms with Crippen LogP contribution in [-0.4, -0.2) is 0 Å². The molecule has 0 saturated heterocycles. The zero-order valence-corrected chi connectivity index (χ0v) is 15.1. The van der Waals surface area contributed by atoms with Crippen LogP contribution in [0.25, 0.3) is 0 Å². The highest BCUT2D eigenvalue weighted by Gasteiger charge is 2.36. The molecule has 0 bridgehead atoms. The second-order valence-electron chi connectivity index (χ2n) is 7.23. The molecule has 0 amide bonds. The summed E-state index contributed by atoms with van der Waals surface area (Å²) >= 11 is 0. The van der Waals surface area contributed by atoms with Crippen molar-refractivity contribution < 1.29 is 0 Å². The van der Waals surface area contributed by atoms with E-state index in [0.717, 1.165) is 12.0 Å². The van der Waals surface area contributed by atoms with Crippen LogP contribution in [0.4, 0.5) is 5.69 Å². The average Bonchev–Trinajstić information content (AvgIpc) is 2.62. The fourth-order valence-electron chi connectivity index (χ4n) is 4.30. The quantitative estimate of drug-likeness (QED) is 0.590. The van der Waals surface area contributed by atoms with E-state index in [0.29, 0.717) is 5.69 Å². The fourth-order valence-corrected chi connectivity index (χ4v) is 4.30. The summed E-state index contributed by atoms with van der Waals surface area (Å²) in [7, 11) is 0. The fraction of sp³-hybridized carbons (Fsp3) is 0.455. The molecule has 2 aromatic carbocycles. The van der Waals surface area contributed by atoms with Gasteiger partial charge in [-0.15, -0.1) is 4.91 Å². The predicted molar refractivity (Wildman–Crippen MR) is 101 cm³/mol. The van der Waals surface area contributed by atoms with Gasteiger partial charge in [-0.25, -0.2) is 0 Å². The largest absolute Gasteiger partial charge is 0.145 e. The minimum Gasteiger partial charge on any atom is -0.145 e. The summed E-state index contributed by atoms with van der Waals surface area (Å²) < 4.78 is 0. The van der Waals surface area contributed by atoms with Crippen LogP contribution < -0.4 is 0 Å². The maximum atomic E-state index is 10.9. The van der Waals surface area contributed by atoms with E-state index in [1.807, 2.05) is 13.0 Å². The van der Waals surface area contributed by atoms with E-state index in [2.05, 4.69) is 49.4 Å². The van der Waals surface area contributed by atoms with Gasteiger partial charge < -0.3 is 0 Å². The molecule has 1 fully saturated rings. The molecule has 2 nitrogen and oxygen atoms in total. The molecule has 0 N–H and O–H groups in total. The molecular formula is C22H27NO. The van der Waals surface area contributed by atoms with E-state index in [1.54, 1.807) is 0 Å². The average molecular weight is 321 g/mol. The second-order valence-corrected chi connectivity index (χ2v) is 7.23. The molecule has 0 aliphatic heterocycles. The summed E-state index contributed by atoms with van der Waals surface area (Å²) in [6.45, 7) is 6.42. The van der Waals surface area contributed by atoms with Gasteiger partial charge in [-0.3, -0.25) is 0 Å². The van der Waals surface area contributed by atoms with Gasteiger partial charge in [0.15, 0.2) is 0 Å². The zero-order chi connectivity index (χ0) is 17.2. The molecular weight excluding hydrogens is 294 g/mol. The lowest BCUT2D eigenvalue weighted by atomic mass is 9.64. The lowest BCUT2D eigenvalue weighted by Crippen LogP contribution is -2.30. The third-order valence-corrected chi connectivity index (χ3v) is 5.84. The number of rotatable bonds is 4. The van der Waals surface area contributed by atoms with Gasteiger partial charge in [-0.1, -0.05) is 56.5 Å². The van der Waals surface area contributed by atoms with E-state index in [-0.39, 0.29) is 5.41 Å². The molecule has 0 radical (unpaired) electrons. The molecule has 0 atom stereocenters. The highest BCUT2D eigenvalue weighted by molar-refractivity contribution is 5.52. The molecule has 24 heavy (non-hydrogen) atoms. The summed E-state index contributed by atoms with van der Waals surface area (Å²) in [5.74, 6) is 0. The number of hydrogen-bond acceptors (Lipinski definition) is 2. The molecule has 126 valence electrons. The number of aryl methyl sites for hydroxylation is 3. The molecule has 1 aliphatic carbocycles. The highest BCUT2D eigenvalue weighted by Crippen LogP contribution is 2.46. The normalized spacial score (nSPS) is 16.8. The first kappa shape index (κ1) is 16.9. The molecule has 2 heteroatoms. The third-order valence-electron chi connectivity index (χ3n) is 5.84. The predicted octanol–water partition coefficient (Wildman–Crippen LogP) is 6.51. The highest BCUT2D eigenvalue weighted by atomic mass is 16.3. The van der Waals surface area contributed by atoms with Gasteiger partial charge in [-0.2, -0.15) is 0 Å². The maximum Gasteiger partial charge on any atom is 0.110 e. The van der Waals surface area contributed by atoms with Crippen LogP contribution in [0.2, 0.25) is 0 Å². The summed E-state index contributed by atoms with van der Waals surface area (Å²) in [5.41, 5.74) is 7.23. The van der Waals surface area contributed by atoms with Crippen molar-refractivity contribution in [2.24, 2.45) is 5.18 Å². The van der Waals surface area contributed by atoms with Crippen LogP contribution in [0.1, 0.15) is 66.8 Å². The zero-order valence-electron chi connectivity index (χ0n) is 15.1. The summed E-state index contributed by atoms with van der Waals surface area (Å²) in [4.78, 5) is 10.9. The van der Waals surface area contributed by atoms with Gasteiger partial charge in [0.05, 0.1) is 0 Å². The van der Waals surface area contributed by atoms with Crippen molar-refractivity contribution in [3.05, 3.63) is 69.1 Å². The first-order valence-electron chi connectivity index (χ1n) is 9.15. The van der Waals surface area contributed by atoms with E-state index in [9.17, 15) is 4.91 Å². The Morgan fingerprint density at radius 2 is 1.58 bits per heavy atom. The van der Waals surface area contributed by atoms with Crippen molar-refractivity contribution in [1.82, 2.24) is 0 Å². The number of hydrogen-bond donors (Lipinski definition) is 0. The van der Waals surface area contributed by atoms with Crippen molar-refractivity contribution >= 4 is 5.69 Å². The summed E-state index contributed by atoms with van der Waals surface area (Å²) in [6, 6.07) is 13.2. The number of nitrogens with zero attached hydrogens (tertiary/aromatic N) is 1. The van der Waals surface area contributed by atoms with Crippen LogP contribution in [0, 0.1) is 18.8 Å². The topological polar surface area (TPSA) is 29.4 Å². The molecule has 0 aromatic heterocycles. The van der Waals surface area contributed by atoms with E-state index < -0.39 is 0 Å². The first-order valence-corrected chi connectivity index (χ1v) is 9.15. The Bertz CT molecular complexity index is 742. The second kappa shape index (κ2) is 6.88. The molecule has 2 aromatic rings. The van der Waals surface area contributed by atoms with E-state index in [4.69, 9.17) is 0 Å². The molecule has 3 rings (SSSR count). The van der Waals surface area contributed by atoms with Crippen LogP contribution >= 0.6 is 0 Å². The van der Waals surface area contributed by atoms with Crippen molar-refractivity contribution in [1.29, 1.82) is 0 Å². The van der Waals surface area contributed by atoms with Crippen LogP contribution in [0.5, 0.6) is 0 Å². The van der Waals surface area contributed by atoms with Crippen LogP contribution in [0.3, 0.4) is 0 Å². The monoisotopic (exact) mass is 321 g/mol. The minimum absolute atomic E-state index is 0.0854. The number of benzene rings is 2. The van der Waals surface area contributed by atoms with Crippen molar-refractivity contribution in [3.8, 4) is 0 Å². The first-order chi connectivity index (χ1) is 11.6. The van der Waals surface area contributed by atoms with Gasteiger partial charge in [0, 0.05) is 5.41 Å². The smallest absolute Gasteiger partial charge is 0.110 e. The van der Waals surface area contributed by atoms with Gasteiger partial charge in [0.2, 0.25) is 0 Å². The van der Waals surface area contributed by atoms with Gasteiger partial charge >= 0.3 is 0 Å². The standard InChI is InChI=1S/C22H27NO/c1-4-18-15-20(9-8-16(18)2)22(12-6-5-7-13-22)19-10-11-21(23-24)17(3)14-19/h8-11,14-15H,4-7,12-13H2,1-3H3. The molecule has 1 aliphatic rings. The van der Waals surface area contributed by atoms with E-state index >= 15 is 0 Å². The Balaban J connectivity index is 2.14. The Labute approximate surface area is 145 Å². The molecule has 0 heterocycles. The van der Waals surface area contributed by atoms with Crippen LogP contribution in [0.15, 0.2) is 41.6 Å². The minimum atomic E-state index is 0.0854.